The average molecular weight is 288 g/mol. The van der Waals surface area contributed by atoms with Gasteiger partial charge in [0.15, 0.2) is 0 Å². The fourth-order valence-electron chi connectivity index (χ4n) is 2.83. The second kappa shape index (κ2) is 6.14. The van der Waals surface area contributed by atoms with Gasteiger partial charge in [-0.05, 0) is 57.8 Å². The third-order valence-electron chi connectivity index (χ3n) is 5.09. The molecular weight excluding hydrogens is 259 g/mol. The molecule has 1 saturated heterocycles. The Morgan fingerprint density at radius 1 is 0.952 bits per heavy atom. The highest BCUT2D eigenvalue weighted by Gasteiger charge is 2.53. The van der Waals surface area contributed by atoms with E-state index in [1.807, 2.05) is 0 Å². The highest BCUT2D eigenvalue weighted by atomic mass is 16.7. The zero-order valence-electron chi connectivity index (χ0n) is 14.3. The molecule has 2 rings (SSSR count). The first-order valence-electron chi connectivity index (χ1n) is 8.12. The molecule has 1 aromatic carbocycles. The smallest absolute Gasteiger partial charge is 0.403 e. The first-order valence-corrected chi connectivity index (χ1v) is 8.12. The van der Waals surface area contributed by atoms with Crippen molar-refractivity contribution in [2.45, 2.75) is 71.4 Å². The molecule has 0 bridgehead atoms. The Bertz CT molecular complexity index is 438. The summed E-state index contributed by atoms with van der Waals surface area (Å²) in [6, 6.07) is 10.7. The van der Waals surface area contributed by atoms with Crippen molar-refractivity contribution >= 4 is 7.12 Å². The normalized spacial score (nSPS) is 21.8. The van der Waals surface area contributed by atoms with E-state index in [9.17, 15) is 0 Å². The van der Waals surface area contributed by atoms with Crippen LogP contribution in [0.15, 0.2) is 30.3 Å². The summed E-state index contributed by atoms with van der Waals surface area (Å²) in [6.45, 7) is 13.0. The summed E-state index contributed by atoms with van der Waals surface area (Å²) in [5.74, 6) is 0.967. The summed E-state index contributed by atoms with van der Waals surface area (Å²) >= 11 is 0. The molecule has 0 amide bonds. The van der Waals surface area contributed by atoms with Crippen molar-refractivity contribution in [1.82, 2.24) is 0 Å². The number of hydrogen-bond acceptors (Lipinski definition) is 2. The number of benzene rings is 1. The van der Waals surface area contributed by atoms with Gasteiger partial charge in [-0.25, -0.2) is 0 Å². The topological polar surface area (TPSA) is 18.5 Å². The van der Waals surface area contributed by atoms with Crippen LogP contribution in [0.2, 0.25) is 5.82 Å². The van der Waals surface area contributed by atoms with Gasteiger partial charge in [-0.2, -0.15) is 0 Å². The Balaban J connectivity index is 2.04. The Morgan fingerprint density at radius 3 is 1.95 bits per heavy atom. The largest absolute Gasteiger partial charge is 0.461 e. The summed E-state index contributed by atoms with van der Waals surface area (Å²) in [5.41, 5.74) is 0.912. The number of rotatable bonds is 5. The van der Waals surface area contributed by atoms with E-state index in [-0.39, 0.29) is 18.3 Å². The van der Waals surface area contributed by atoms with Crippen LogP contribution in [0.4, 0.5) is 0 Å². The fourth-order valence-corrected chi connectivity index (χ4v) is 2.83. The molecule has 0 radical (unpaired) electrons. The van der Waals surface area contributed by atoms with Crippen molar-refractivity contribution in [2.75, 3.05) is 0 Å². The van der Waals surface area contributed by atoms with Crippen LogP contribution >= 0.6 is 0 Å². The van der Waals surface area contributed by atoms with Gasteiger partial charge < -0.3 is 9.31 Å². The molecule has 2 nitrogen and oxygen atoms in total. The minimum absolute atomic E-state index is 0.0984. The first kappa shape index (κ1) is 16.6. The van der Waals surface area contributed by atoms with Crippen molar-refractivity contribution in [3.63, 3.8) is 0 Å². The van der Waals surface area contributed by atoms with Crippen LogP contribution in [0, 0.1) is 5.92 Å². The molecule has 0 spiro atoms. The van der Waals surface area contributed by atoms with E-state index >= 15 is 0 Å². The quantitative estimate of drug-likeness (QED) is 0.729. The summed E-state index contributed by atoms with van der Waals surface area (Å²) in [6.07, 6.45) is 2.17. The Kier molecular flexibility index (Phi) is 4.84. The van der Waals surface area contributed by atoms with E-state index in [0.29, 0.717) is 11.7 Å². The van der Waals surface area contributed by atoms with Crippen molar-refractivity contribution in [3.05, 3.63) is 35.9 Å². The molecule has 1 atom stereocenters. The number of hydrogen-bond donors (Lipinski definition) is 0. The molecule has 0 N–H and O–H groups in total. The molecule has 1 aliphatic heterocycles. The monoisotopic (exact) mass is 288 g/mol. The van der Waals surface area contributed by atoms with Gasteiger partial charge in [-0.1, -0.05) is 44.2 Å². The molecule has 0 unspecified atom stereocenters. The molecule has 0 aromatic heterocycles. The Morgan fingerprint density at radius 2 is 1.48 bits per heavy atom. The predicted molar refractivity (Wildman–Crippen MR) is 89.4 cm³/mol. The van der Waals surface area contributed by atoms with Gasteiger partial charge in [0.1, 0.15) is 0 Å². The van der Waals surface area contributed by atoms with Crippen LogP contribution in [-0.2, 0) is 15.7 Å². The van der Waals surface area contributed by atoms with Gasteiger partial charge >= 0.3 is 7.12 Å². The lowest BCUT2D eigenvalue weighted by atomic mass is 9.63. The highest BCUT2D eigenvalue weighted by molar-refractivity contribution is 6.47. The van der Waals surface area contributed by atoms with E-state index in [2.05, 4.69) is 71.9 Å². The Labute approximate surface area is 130 Å². The Hall–Kier alpha value is -0.795. The molecule has 0 saturated carbocycles. The van der Waals surface area contributed by atoms with Gasteiger partial charge in [-0.15, -0.1) is 0 Å². The van der Waals surface area contributed by atoms with Gasteiger partial charge in [0.25, 0.3) is 0 Å². The predicted octanol–water partition coefficient (Wildman–Crippen LogP) is 4.74. The van der Waals surface area contributed by atoms with Crippen LogP contribution in [0.1, 0.15) is 53.5 Å². The summed E-state index contributed by atoms with van der Waals surface area (Å²) in [4.78, 5) is 0. The van der Waals surface area contributed by atoms with Crippen LogP contribution in [0.5, 0.6) is 0 Å². The molecule has 1 heterocycles. The van der Waals surface area contributed by atoms with Crippen LogP contribution in [-0.4, -0.2) is 18.3 Å². The zero-order chi connectivity index (χ0) is 15.7. The molecule has 1 aromatic rings. The standard InChI is InChI=1S/C18H29BO2/c1-14(2)16(13-12-15-10-8-7-9-11-15)19-20-17(3,4)18(5,6)21-19/h7-11,14,16H,12-13H2,1-6H3/t16-/m0/s1. The third-order valence-corrected chi connectivity index (χ3v) is 5.09. The first-order chi connectivity index (χ1) is 9.73. The van der Waals surface area contributed by atoms with Gasteiger partial charge in [0, 0.05) is 0 Å². The second-order valence-corrected chi connectivity index (χ2v) is 7.56. The van der Waals surface area contributed by atoms with Gasteiger partial charge in [-0.3, -0.25) is 0 Å². The van der Waals surface area contributed by atoms with E-state index in [1.165, 1.54) is 5.56 Å². The lowest BCUT2D eigenvalue weighted by Gasteiger charge is -2.32. The summed E-state index contributed by atoms with van der Waals surface area (Å²) in [7, 11) is -0.0984. The fraction of sp³-hybridized carbons (Fsp3) is 0.667. The van der Waals surface area contributed by atoms with Crippen molar-refractivity contribution in [2.24, 2.45) is 5.92 Å². The van der Waals surface area contributed by atoms with E-state index < -0.39 is 0 Å². The highest BCUT2D eigenvalue weighted by Crippen LogP contribution is 2.43. The van der Waals surface area contributed by atoms with E-state index in [1.54, 1.807) is 0 Å². The molecule has 1 fully saturated rings. The van der Waals surface area contributed by atoms with Crippen molar-refractivity contribution in [1.29, 1.82) is 0 Å². The lowest BCUT2D eigenvalue weighted by molar-refractivity contribution is 0.00578. The zero-order valence-corrected chi connectivity index (χ0v) is 14.3. The average Bonchev–Trinajstić information content (AvgIpc) is 2.59. The molecule has 1 aliphatic rings. The van der Waals surface area contributed by atoms with Crippen molar-refractivity contribution < 1.29 is 9.31 Å². The maximum Gasteiger partial charge on any atom is 0.461 e. The lowest BCUT2D eigenvalue weighted by Crippen LogP contribution is -2.41. The van der Waals surface area contributed by atoms with Crippen molar-refractivity contribution in [3.8, 4) is 0 Å². The molecular formula is C18H29BO2. The maximum absolute atomic E-state index is 6.25. The summed E-state index contributed by atoms with van der Waals surface area (Å²) < 4.78 is 12.5. The molecule has 3 heteroatoms. The van der Waals surface area contributed by atoms with E-state index in [4.69, 9.17) is 9.31 Å². The van der Waals surface area contributed by atoms with Crippen LogP contribution < -0.4 is 0 Å². The maximum atomic E-state index is 6.25. The minimum Gasteiger partial charge on any atom is -0.403 e. The minimum atomic E-state index is -0.239. The number of aryl methyl sites for hydroxylation is 1. The van der Waals surface area contributed by atoms with Gasteiger partial charge in [0.05, 0.1) is 11.2 Å². The SMILES string of the molecule is CC(C)[C@H](CCc1ccccc1)B1OC(C)(C)C(C)(C)O1. The molecule has 0 aliphatic carbocycles. The summed E-state index contributed by atoms with van der Waals surface area (Å²) in [5, 5.41) is 0. The van der Waals surface area contributed by atoms with Gasteiger partial charge in [0.2, 0.25) is 0 Å². The molecule has 21 heavy (non-hydrogen) atoms. The van der Waals surface area contributed by atoms with E-state index in [0.717, 1.165) is 12.8 Å². The van der Waals surface area contributed by atoms with Crippen LogP contribution in [0.3, 0.4) is 0 Å². The molecule has 116 valence electrons. The second-order valence-electron chi connectivity index (χ2n) is 7.56. The van der Waals surface area contributed by atoms with Crippen LogP contribution in [0.25, 0.3) is 0 Å². The third kappa shape index (κ3) is 3.70.